The molecule has 29 heavy (non-hydrogen) atoms. The van der Waals surface area contributed by atoms with E-state index < -0.39 is 0 Å². The SMILES string of the molecule is CC(=O)C(C)n1c(C(C)NC(=O)COc2cc(C)ccc2C)nc2ccccc21. The molecular formula is C23H27N3O3. The topological polar surface area (TPSA) is 73.2 Å². The van der Waals surface area contributed by atoms with Gasteiger partial charge in [0, 0.05) is 0 Å². The van der Waals surface area contributed by atoms with Crippen molar-refractivity contribution in [3.05, 3.63) is 59.4 Å². The van der Waals surface area contributed by atoms with E-state index >= 15 is 0 Å². The summed E-state index contributed by atoms with van der Waals surface area (Å²) < 4.78 is 7.59. The van der Waals surface area contributed by atoms with Crippen molar-refractivity contribution in [3.63, 3.8) is 0 Å². The fraction of sp³-hybridized carbons (Fsp3) is 0.348. The number of fused-ring (bicyclic) bond motifs is 1. The Morgan fingerprint density at radius 1 is 1.14 bits per heavy atom. The lowest BCUT2D eigenvalue weighted by Gasteiger charge is -2.20. The molecule has 3 aromatic rings. The summed E-state index contributed by atoms with van der Waals surface area (Å²) in [5.41, 5.74) is 3.72. The van der Waals surface area contributed by atoms with Crippen molar-refractivity contribution in [1.29, 1.82) is 0 Å². The minimum atomic E-state index is -0.376. The van der Waals surface area contributed by atoms with Gasteiger partial charge in [0.2, 0.25) is 0 Å². The second kappa shape index (κ2) is 8.47. The monoisotopic (exact) mass is 393 g/mol. The molecular weight excluding hydrogens is 366 g/mol. The lowest BCUT2D eigenvalue weighted by atomic mass is 10.1. The first-order valence-electron chi connectivity index (χ1n) is 9.74. The van der Waals surface area contributed by atoms with Crippen molar-refractivity contribution < 1.29 is 14.3 Å². The Labute approximate surface area is 170 Å². The van der Waals surface area contributed by atoms with Gasteiger partial charge in [-0.25, -0.2) is 4.98 Å². The number of para-hydroxylation sites is 2. The van der Waals surface area contributed by atoms with Crippen molar-refractivity contribution in [2.24, 2.45) is 0 Å². The van der Waals surface area contributed by atoms with E-state index in [-0.39, 0.29) is 30.4 Å². The molecule has 1 heterocycles. The van der Waals surface area contributed by atoms with E-state index in [2.05, 4.69) is 10.3 Å². The number of carbonyl (C=O) groups excluding carboxylic acids is 2. The number of imidazole rings is 1. The highest BCUT2D eigenvalue weighted by Gasteiger charge is 2.23. The Morgan fingerprint density at radius 3 is 2.59 bits per heavy atom. The molecule has 0 aliphatic carbocycles. The summed E-state index contributed by atoms with van der Waals surface area (Å²) in [6.45, 7) is 9.11. The largest absolute Gasteiger partial charge is 0.483 e. The minimum Gasteiger partial charge on any atom is -0.483 e. The quantitative estimate of drug-likeness (QED) is 0.657. The molecule has 1 N–H and O–H groups in total. The lowest BCUT2D eigenvalue weighted by molar-refractivity contribution is -0.123. The Hall–Kier alpha value is -3.15. The molecule has 0 saturated heterocycles. The maximum absolute atomic E-state index is 12.5. The zero-order valence-corrected chi connectivity index (χ0v) is 17.5. The molecule has 6 nitrogen and oxygen atoms in total. The Morgan fingerprint density at radius 2 is 1.86 bits per heavy atom. The Balaban J connectivity index is 1.78. The molecule has 152 valence electrons. The molecule has 3 rings (SSSR count). The van der Waals surface area contributed by atoms with Crippen LogP contribution in [0.15, 0.2) is 42.5 Å². The lowest BCUT2D eigenvalue weighted by Crippen LogP contribution is -2.33. The van der Waals surface area contributed by atoms with E-state index in [0.29, 0.717) is 11.6 Å². The highest BCUT2D eigenvalue weighted by molar-refractivity contribution is 5.84. The van der Waals surface area contributed by atoms with Crippen LogP contribution in [0.4, 0.5) is 0 Å². The zero-order chi connectivity index (χ0) is 21.1. The van der Waals surface area contributed by atoms with E-state index in [1.54, 1.807) is 6.92 Å². The molecule has 0 aliphatic heterocycles. The summed E-state index contributed by atoms with van der Waals surface area (Å²) in [5, 5.41) is 2.94. The van der Waals surface area contributed by atoms with Gasteiger partial charge in [0.25, 0.3) is 5.91 Å². The van der Waals surface area contributed by atoms with Crippen LogP contribution in [-0.4, -0.2) is 27.8 Å². The predicted molar refractivity (Wildman–Crippen MR) is 113 cm³/mol. The van der Waals surface area contributed by atoms with E-state index in [9.17, 15) is 9.59 Å². The van der Waals surface area contributed by atoms with Gasteiger partial charge in [-0.2, -0.15) is 0 Å². The number of hydrogen-bond donors (Lipinski definition) is 1. The third kappa shape index (κ3) is 4.47. The van der Waals surface area contributed by atoms with Crippen LogP contribution in [0, 0.1) is 13.8 Å². The minimum absolute atomic E-state index is 0.0335. The molecule has 2 aromatic carbocycles. The third-order valence-corrected chi connectivity index (χ3v) is 5.07. The fourth-order valence-electron chi connectivity index (χ4n) is 3.31. The molecule has 0 fully saturated rings. The van der Waals surface area contributed by atoms with Crippen LogP contribution in [0.5, 0.6) is 5.75 Å². The van der Waals surface area contributed by atoms with Crippen molar-refractivity contribution in [2.75, 3.05) is 6.61 Å². The number of ether oxygens (including phenoxy) is 1. The van der Waals surface area contributed by atoms with Gasteiger partial charge in [0.05, 0.1) is 23.1 Å². The fourth-order valence-corrected chi connectivity index (χ4v) is 3.31. The molecule has 6 heteroatoms. The number of aryl methyl sites for hydroxylation is 2. The Bertz CT molecular complexity index is 1050. The van der Waals surface area contributed by atoms with Gasteiger partial charge in [0.1, 0.15) is 11.6 Å². The van der Waals surface area contributed by atoms with Crippen LogP contribution < -0.4 is 10.1 Å². The van der Waals surface area contributed by atoms with Crippen molar-refractivity contribution in [2.45, 2.75) is 46.7 Å². The first-order chi connectivity index (χ1) is 13.8. The highest BCUT2D eigenvalue weighted by Crippen LogP contribution is 2.25. The molecule has 0 saturated carbocycles. The average molecular weight is 393 g/mol. The number of carbonyl (C=O) groups is 2. The standard InChI is InChI=1S/C23H27N3O3/c1-14-10-11-15(2)21(12-14)29-13-22(28)24-16(3)23-25-19-8-6-7-9-20(19)26(23)17(4)18(5)27/h6-12,16-17H,13H2,1-5H3,(H,24,28). The zero-order valence-electron chi connectivity index (χ0n) is 17.5. The first-order valence-corrected chi connectivity index (χ1v) is 9.74. The molecule has 0 aliphatic rings. The van der Waals surface area contributed by atoms with Crippen LogP contribution in [0.3, 0.4) is 0 Å². The average Bonchev–Trinajstić information content (AvgIpc) is 3.07. The number of hydrogen-bond acceptors (Lipinski definition) is 4. The van der Waals surface area contributed by atoms with Crippen molar-refractivity contribution >= 4 is 22.7 Å². The number of nitrogens with zero attached hydrogens (tertiary/aromatic N) is 2. The van der Waals surface area contributed by atoms with Crippen LogP contribution in [0.1, 0.15) is 49.8 Å². The number of amides is 1. The second-order valence-corrected chi connectivity index (χ2v) is 7.46. The van der Waals surface area contributed by atoms with Crippen LogP contribution in [-0.2, 0) is 9.59 Å². The molecule has 1 amide bonds. The molecule has 1 aromatic heterocycles. The van der Waals surface area contributed by atoms with Crippen molar-refractivity contribution in [1.82, 2.24) is 14.9 Å². The number of rotatable bonds is 7. The molecule has 0 spiro atoms. The maximum atomic E-state index is 12.5. The smallest absolute Gasteiger partial charge is 0.258 e. The summed E-state index contributed by atoms with van der Waals surface area (Å²) in [6, 6.07) is 12.8. The van der Waals surface area contributed by atoms with Gasteiger partial charge in [-0.1, -0.05) is 24.3 Å². The van der Waals surface area contributed by atoms with E-state index in [4.69, 9.17) is 4.74 Å². The summed E-state index contributed by atoms with van der Waals surface area (Å²) in [7, 11) is 0. The molecule has 0 bridgehead atoms. The second-order valence-electron chi connectivity index (χ2n) is 7.46. The van der Waals surface area contributed by atoms with E-state index in [0.717, 1.165) is 22.2 Å². The van der Waals surface area contributed by atoms with Gasteiger partial charge in [-0.3, -0.25) is 9.59 Å². The van der Waals surface area contributed by atoms with E-state index in [1.807, 2.05) is 74.7 Å². The van der Waals surface area contributed by atoms with Crippen molar-refractivity contribution in [3.8, 4) is 5.75 Å². The van der Waals surface area contributed by atoms with Gasteiger partial charge in [-0.15, -0.1) is 0 Å². The summed E-state index contributed by atoms with van der Waals surface area (Å²) >= 11 is 0. The maximum Gasteiger partial charge on any atom is 0.258 e. The van der Waals surface area contributed by atoms with Gasteiger partial charge < -0.3 is 14.6 Å². The predicted octanol–water partition coefficient (Wildman–Crippen LogP) is 4.06. The highest BCUT2D eigenvalue weighted by atomic mass is 16.5. The molecule has 2 atom stereocenters. The summed E-state index contributed by atoms with van der Waals surface area (Å²) in [4.78, 5) is 29.2. The van der Waals surface area contributed by atoms with Gasteiger partial charge in [0.15, 0.2) is 12.4 Å². The number of Topliss-reactive ketones (excluding diaryl/α,β-unsaturated/α-hetero) is 1. The van der Waals surface area contributed by atoms with Crippen LogP contribution in [0.2, 0.25) is 0 Å². The molecule has 2 unspecified atom stereocenters. The summed E-state index contributed by atoms with van der Waals surface area (Å²) in [5.74, 6) is 1.14. The van der Waals surface area contributed by atoms with Gasteiger partial charge >= 0.3 is 0 Å². The number of nitrogens with one attached hydrogen (secondary N) is 1. The number of aromatic nitrogens is 2. The normalized spacial score (nSPS) is 13.1. The number of benzene rings is 2. The van der Waals surface area contributed by atoms with Crippen LogP contribution >= 0.6 is 0 Å². The Kier molecular flexibility index (Phi) is 6.01. The first kappa shape index (κ1) is 20.6. The van der Waals surface area contributed by atoms with Crippen LogP contribution in [0.25, 0.3) is 11.0 Å². The molecule has 0 radical (unpaired) electrons. The third-order valence-electron chi connectivity index (χ3n) is 5.07. The number of ketones is 1. The van der Waals surface area contributed by atoms with E-state index in [1.165, 1.54) is 0 Å². The van der Waals surface area contributed by atoms with Gasteiger partial charge in [-0.05, 0) is 63.9 Å². The summed E-state index contributed by atoms with van der Waals surface area (Å²) in [6.07, 6.45) is 0.